The highest BCUT2D eigenvalue weighted by Crippen LogP contribution is 2.30. The Morgan fingerprint density at radius 2 is 1.93 bits per heavy atom. The zero-order valence-electron chi connectivity index (χ0n) is 15.4. The second-order valence-corrected chi connectivity index (χ2v) is 6.08. The van der Waals surface area contributed by atoms with Crippen molar-refractivity contribution >= 4 is 17.8 Å². The van der Waals surface area contributed by atoms with Crippen molar-refractivity contribution in [3.63, 3.8) is 0 Å². The maximum atomic E-state index is 12.7. The standard InChI is InChI=1S/C21H15F3N4O2/c22-21(23,24)15-5-3-6-16(10-15)26-13-20(29)28-27-12-17-8-9-19(30-17)18-7-2-1-4-14(18)11-25/h1-10,12,26H,13H2,(H,28,29)/b27-12-. The van der Waals surface area contributed by atoms with E-state index in [0.717, 1.165) is 12.1 Å². The highest BCUT2D eigenvalue weighted by Gasteiger charge is 2.30. The Morgan fingerprint density at radius 1 is 1.13 bits per heavy atom. The van der Waals surface area contributed by atoms with Gasteiger partial charge in [-0.15, -0.1) is 0 Å². The van der Waals surface area contributed by atoms with Crippen LogP contribution in [0.3, 0.4) is 0 Å². The molecule has 6 nitrogen and oxygen atoms in total. The minimum absolute atomic E-state index is 0.163. The van der Waals surface area contributed by atoms with Crippen LogP contribution < -0.4 is 10.7 Å². The molecule has 30 heavy (non-hydrogen) atoms. The lowest BCUT2D eigenvalue weighted by atomic mass is 10.1. The van der Waals surface area contributed by atoms with Crippen molar-refractivity contribution < 1.29 is 22.4 Å². The van der Waals surface area contributed by atoms with Crippen LogP contribution in [0.15, 0.2) is 70.2 Å². The summed E-state index contributed by atoms with van der Waals surface area (Å²) in [4.78, 5) is 11.8. The second kappa shape index (κ2) is 8.96. The van der Waals surface area contributed by atoms with Crippen molar-refractivity contribution in [3.8, 4) is 17.4 Å². The van der Waals surface area contributed by atoms with Gasteiger partial charge in [0.05, 0.1) is 30.0 Å². The molecule has 0 radical (unpaired) electrons. The van der Waals surface area contributed by atoms with Gasteiger partial charge in [0, 0.05) is 11.3 Å². The Balaban J connectivity index is 1.54. The Labute approximate surface area is 169 Å². The molecule has 2 aromatic carbocycles. The van der Waals surface area contributed by atoms with Gasteiger partial charge in [-0.2, -0.15) is 23.5 Å². The molecule has 0 aliphatic heterocycles. The van der Waals surface area contributed by atoms with Crippen LogP contribution in [0.4, 0.5) is 18.9 Å². The molecule has 0 bridgehead atoms. The lowest BCUT2D eigenvalue weighted by Crippen LogP contribution is -2.26. The summed E-state index contributed by atoms with van der Waals surface area (Å²) in [5, 5.41) is 15.5. The van der Waals surface area contributed by atoms with Crippen LogP contribution >= 0.6 is 0 Å². The number of hydrogen-bond donors (Lipinski definition) is 2. The molecule has 0 atom stereocenters. The summed E-state index contributed by atoms with van der Waals surface area (Å²) in [5.74, 6) is 0.278. The number of anilines is 1. The van der Waals surface area contributed by atoms with Gasteiger partial charge in [-0.05, 0) is 42.5 Å². The maximum Gasteiger partial charge on any atom is 0.416 e. The number of halogens is 3. The molecule has 0 fully saturated rings. The van der Waals surface area contributed by atoms with E-state index < -0.39 is 17.6 Å². The molecule has 3 rings (SSSR count). The Bertz CT molecular complexity index is 1110. The van der Waals surface area contributed by atoms with Gasteiger partial charge < -0.3 is 9.73 Å². The van der Waals surface area contributed by atoms with Gasteiger partial charge in [0.25, 0.3) is 5.91 Å². The summed E-state index contributed by atoms with van der Waals surface area (Å²) in [7, 11) is 0. The molecular formula is C21H15F3N4O2. The Morgan fingerprint density at radius 3 is 2.70 bits per heavy atom. The summed E-state index contributed by atoms with van der Waals surface area (Å²) in [5.41, 5.74) is 2.70. The molecule has 2 N–H and O–H groups in total. The third kappa shape index (κ3) is 5.26. The number of benzene rings is 2. The minimum Gasteiger partial charge on any atom is -0.455 e. The quantitative estimate of drug-likeness (QED) is 0.464. The highest BCUT2D eigenvalue weighted by atomic mass is 19.4. The molecule has 0 saturated heterocycles. The van der Waals surface area contributed by atoms with Crippen molar-refractivity contribution in [2.75, 3.05) is 11.9 Å². The fourth-order valence-electron chi connectivity index (χ4n) is 2.56. The molecule has 9 heteroatoms. The first-order valence-electron chi connectivity index (χ1n) is 8.69. The molecule has 152 valence electrons. The van der Waals surface area contributed by atoms with Crippen molar-refractivity contribution in [2.24, 2.45) is 5.10 Å². The van der Waals surface area contributed by atoms with Gasteiger partial charge >= 0.3 is 6.18 Å². The van der Waals surface area contributed by atoms with Gasteiger partial charge in [0.2, 0.25) is 0 Å². The number of nitrogens with zero attached hydrogens (tertiary/aromatic N) is 2. The van der Waals surface area contributed by atoms with E-state index in [-0.39, 0.29) is 12.2 Å². The largest absolute Gasteiger partial charge is 0.455 e. The smallest absolute Gasteiger partial charge is 0.416 e. The number of carbonyl (C=O) groups excluding carboxylic acids is 1. The van der Waals surface area contributed by atoms with E-state index in [9.17, 15) is 18.0 Å². The van der Waals surface area contributed by atoms with E-state index in [2.05, 4.69) is 21.9 Å². The molecule has 0 saturated carbocycles. The number of alkyl halides is 3. The number of hydrogen-bond acceptors (Lipinski definition) is 5. The fourth-order valence-corrected chi connectivity index (χ4v) is 2.56. The van der Waals surface area contributed by atoms with Crippen LogP contribution in [0.2, 0.25) is 0 Å². The third-order valence-corrected chi connectivity index (χ3v) is 3.96. The van der Waals surface area contributed by atoms with Crippen LogP contribution in [-0.2, 0) is 11.0 Å². The van der Waals surface area contributed by atoms with E-state index in [1.807, 2.05) is 0 Å². The van der Waals surface area contributed by atoms with Gasteiger partial charge in [0.15, 0.2) is 0 Å². The maximum absolute atomic E-state index is 12.7. The monoisotopic (exact) mass is 412 g/mol. The average Bonchev–Trinajstić information content (AvgIpc) is 3.20. The predicted molar refractivity (Wildman–Crippen MR) is 105 cm³/mol. The van der Waals surface area contributed by atoms with Gasteiger partial charge in [-0.25, -0.2) is 5.43 Å². The molecule has 0 spiro atoms. The summed E-state index contributed by atoms with van der Waals surface area (Å²) in [6.07, 6.45) is -3.18. The van der Waals surface area contributed by atoms with Crippen LogP contribution in [0.25, 0.3) is 11.3 Å². The number of carbonyl (C=O) groups is 1. The van der Waals surface area contributed by atoms with Gasteiger partial charge in [-0.3, -0.25) is 4.79 Å². The number of amides is 1. The van der Waals surface area contributed by atoms with Crippen molar-refractivity contribution in [2.45, 2.75) is 6.18 Å². The summed E-state index contributed by atoms with van der Waals surface area (Å²) in [6, 6.07) is 16.9. The molecule has 1 heterocycles. The first-order valence-corrected chi connectivity index (χ1v) is 8.69. The summed E-state index contributed by atoms with van der Waals surface area (Å²) < 4.78 is 43.7. The van der Waals surface area contributed by atoms with Gasteiger partial charge in [0.1, 0.15) is 11.5 Å². The number of nitriles is 1. The van der Waals surface area contributed by atoms with Crippen molar-refractivity contribution in [1.29, 1.82) is 5.26 Å². The van der Waals surface area contributed by atoms with Crippen LogP contribution in [0.1, 0.15) is 16.9 Å². The minimum atomic E-state index is -4.46. The number of rotatable bonds is 6. The molecule has 3 aromatic rings. The first-order chi connectivity index (χ1) is 14.4. The molecule has 1 aromatic heterocycles. The number of nitrogens with one attached hydrogen (secondary N) is 2. The van der Waals surface area contributed by atoms with E-state index in [1.165, 1.54) is 18.3 Å². The van der Waals surface area contributed by atoms with E-state index in [4.69, 9.17) is 9.68 Å². The van der Waals surface area contributed by atoms with E-state index >= 15 is 0 Å². The van der Waals surface area contributed by atoms with Crippen LogP contribution in [0.5, 0.6) is 0 Å². The number of hydrazone groups is 1. The summed E-state index contributed by atoms with van der Waals surface area (Å²) in [6.45, 7) is -0.266. The summed E-state index contributed by atoms with van der Waals surface area (Å²) >= 11 is 0. The normalized spacial score (nSPS) is 11.3. The Kier molecular flexibility index (Phi) is 6.17. The molecule has 0 unspecified atom stereocenters. The van der Waals surface area contributed by atoms with Crippen molar-refractivity contribution in [3.05, 3.63) is 77.6 Å². The second-order valence-electron chi connectivity index (χ2n) is 6.08. The predicted octanol–water partition coefficient (Wildman–Crippen LogP) is 4.40. The number of furan rings is 1. The molecular weight excluding hydrogens is 397 g/mol. The topological polar surface area (TPSA) is 90.4 Å². The Hall–Kier alpha value is -4.06. The third-order valence-electron chi connectivity index (χ3n) is 3.96. The van der Waals surface area contributed by atoms with E-state index in [1.54, 1.807) is 36.4 Å². The molecule has 0 aliphatic carbocycles. The zero-order chi connectivity index (χ0) is 21.6. The average molecular weight is 412 g/mol. The van der Waals surface area contributed by atoms with Crippen LogP contribution in [0, 0.1) is 11.3 Å². The van der Waals surface area contributed by atoms with Crippen molar-refractivity contribution in [1.82, 2.24) is 5.43 Å². The zero-order valence-corrected chi connectivity index (χ0v) is 15.4. The van der Waals surface area contributed by atoms with Gasteiger partial charge in [-0.1, -0.05) is 18.2 Å². The molecule has 1 amide bonds. The van der Waals surface area contributed by atoms with E-state index in [0.29, 0.717) is 22.6 Å². The van der Waals surface area contributed by atoms with Crippen LogP contribution in [-0.4, -0.2) is 18.7 Å². The fraction of sp³-hybridized carbons (Fsp3) is 0.0952. The highest BCUT2D eigenvalue weighted by molar-refractivity contribution is 5.83. The lowest BCUT2D eigenvalue weighted by molar-refractivity contribution is -0.137. The first kappa shape index (κ1) is 20.7. The lowest BCUT2D eigenvalue weighted by Gasteiger charge is -2.09. The molecule has 0 aliphatic rings. The SMILES string of the molecule is N#Cc1ccccc1-c1ccc(/C=N\NC(=O)CNc2cccc(C(F)(F)F)c2)o1.